The monoisotopic (exact) mass is 275 g/mol. The molecule has 110 valence electrons. The van der Waals surface area contributed by atoms with Crippen molar-refractivity contribution < 1.29 is 4.74 Å². The Hall–Kier alpha value is -0.870. The second kappa shape index (κ2) is 5.15. The highest BCUT2D eigenvalue weighted by molar-refractivity contribution is 5.24. The van der Waals surface area contributed by atoms with E-state index in [9.17, 15) is 0 Å². The topological polar surface area (TPSA) is 30.3 Å². The van der Waals surface area contributed by atoms with Gasteiger partial charge in [-0.2, -0.15) is 5.10 Å². The van der Waals surface area contributed by atoms with Crippen LogP contribution in [0.25, 0.3) is 0 Å². The molecule has 0 bridgehead atoms. The lowest BCUT2D eigenvalue weighted by Crippen LogP contribution is -2.36. The smallest absolute Gasteiger partial charge is 0.0736 e. The Morgan fingerprint density at radius 2 is 2.00 bits per heavy atom. The Morgan fingerprint density at radius 3 is 2.75 bits per heavy atom. The van der Waals surface area contributed by atoms with Crippen molar-refractivity contribution in [2.24, 2.45) is 18.9 Å². The summed E-state index contributed by atoms with van der Waals surface area (Å²) in [5, 5.41) is 4.69. The minimum atomic E-state index is 0.470. The van der Waals surface area contributed by atoms with E-state index in [0.29, 0.717) is 5.92 Å². The van der Waals surface area contributed by atoms with Crippen LogP contribution in [0.4, 0.5) is 0 Å². The third-order valence-corrected chi connectivity index (χ3v) is 4.78. The Kier molecular flexibility index (Phi) is 3.31. The highest BCUT2D eigenvalue weighted by atomic mass is 16.5. The number of nitrogens with zero attached hydrogens (tertiary/aromatic N) is 3. The molecular formula is C16H25N3O. The van der Waals surface area contributed by atoms with Crippen LogP contribution in [0, 0.1) is 11.8 Å². The maximum Gasteiger partial charge on any atom is 0.0736 e. The first-order valence-electron chi connectivity index (χ1n) is 8.10. The van der Waals surface area contributed by atoms with Gasteiger partial charge >= 0.3 is 0 Å². The van der Waals surface area contributed by atoms with Crippen molar-refractivity contribution in [3.63, 3.8) is 0 Å². The average Bonchev–Trinajstić information content (AvgIpc) is 3.30. The van der Waals surface area contributed by atoms with Gasteiger partial charge in [-0.15, -0.1) is 0 Å². The van der Waals surface area contributed by atoms with Gasteiger partial charge in [0, 0.05) is 51.0 Å². The van der Waals surface area contributed by atoms with Gasteiger partial charge in [-0.25, -0.2) is 0 Å². The van der Waals surface area contributed by atoms with Gasteiger partial charge in [0.05, 0.1) is 12.3 Å². The molecule has 0 spiro atoms. The summed E-state index contributed by atoms with van der Waals surface area (Å²) >= 11 is 0. The van der Waals surface area contributed by atoms with Crippen molar-refractivity contribution in [1.82, 2.24) is 14.7 Å². The van der Waals surface area contributed by atoms with Gasteiger partial charge in [0.25, 0.3) is 0 Å². The molecule has 0 aromatic carbocycles. The van der Waals surface area contributed by atoms with Crippen LogP contribution in [0.5, 0.6) is 0 Å². The molecule has 1 aromatic rings. The summed E-state index contributed by atoms with van der Waals surface area (Å²) in [4.78, 5) is 2.62. The van der Waals surface area contributed by atoms with Gasteiger partial charge in [0.1, 0.15) is 0 Å². The Balaban J connectivity index is 1.42. The second-order valence-electron chi connectivity index (χ2n) is 7.03. The zero-order valence-electron chi connectivity index (χ0n) is 12.4. The van der Waals surface area contributed by atoms with Crippen molar-refractivity contribution in [3.05, 3.63) is 17.5 Å². The number of ether oxygens (including phenoxy) is 1. The van der Waals surface area contributed by atoms with E-state index in [0.717, 1.165) is 38.1 Å². The summed E-state index contributed by atoms with van der Waals surface area (Å²) in [5.41, 5.74) is 2.70. The molecule has 0 N–H and O–H groups in total. The minimum absolute atomic E-state index is 0.470. The quantitative estimate of drug-likeness (QED) is 0.797. The zero-order valence-corrected chi connectivity index (χ0v) is 12.4. The summed E-state index contributed by atoms with van der Waals surface area (Å²) in [6, 6.07) is 0. The highest BCUT2D eigenvalue weighted by Crippen LogP contribution is 2.34. The largest absolute Gasteiger partial charge is 0.380 e. The van der Waals surface area contributed by atoms with Crippen LogP contribution < -0.4 is 0 Å². The van der Waals surface area contributed by atoms with Crippen LogP contribution in [0.2, 0.25) is 0 Å². The lowest BCUT2D eigenvalue weighted by molar-refractivity contribution is 0.0887. The number of aryl methyl sites for hydroxylation is 1. The fraction of sp³-hybridized carbons (Fsp3) is 0.812. The Labute approximate surface area is 121 Å². The maximum atomic E-state index is 5.96. The Morgan fingerprint density at radius 1 is 1.20 bits per heavy atom. The number of aromatic nitrogens is 2. The van der Waals surface area contributed by atoms with Crippen molar-refractivity contribution in [1.29, 1.82) is 0 Å². The summed E-state index contributed by atoms with van der Waals surface area (Å²) in [7, 11) is 2.03. The summed E-state index contributed by atoms with van der Waals surface area (Å²) < 4.78 is 7.93. The summed E-state index contributed by atoms with van der Waals surface area (Å²) in [6.07, 6.45) is 7.79. The van der Waals surface area contributed by atoms with Crippen LogP contribution in [0.3, 0.4) is 0 Å². The predicted molar refractivity (Wildman–Crippen MR) is 77.5 cm³/mol. The molecule has 20 heavy (non-hydrogen) atoms. The van der Waals surface area contributed by atoms with E-state index in [1.165, 1.54) is 43.5 Å². The number of rotatable bonds is 6. The second-order valence-corrected chi connectivity index (χ2v) is 7.03. The van der Waals surface area contributed by atoms with Crippen molar-refractivity contribution in [2.75, 3.05) is 26.3 Å². The van der Waals surface area contributed by atoms with E-state index in [2.05, 4.69) is 16.2 Å². The molecule has 1 aliphatic heterocycles. The molecule has 1 atom stereocenters. The zero-order chi connectivity index (χ0) is 13.5. The Bertz CT molecular complexity index is 476. The van der Waals surface area contributed by atoms with E-state index in [1.807, 2.05) is 11.7 Å². The molecule has 2 saturated carbocycles. The van der Waals surface area contributed by atoms with E-state index in [4.69, 9.17) is 4.74 Å². The number of fused-ring (bicyclic) bond motifs is 1. The van der Waals surface area contributed by atoms with Gasteiger partial charge < -0.3 is 4.74 Å². The standard InChI is InChI=1S/C16H25N3O/c1-18-7-14-8-19(6-12-2-3-12)9-15(16(14)17-18)11-20-10-13-4-5-13/h7,12-13,15H,2-6,8-11H2,1H3/t15-/m1/s1. The number of hydrogen-bond acceptors (Lipinski definition) is 3. The molecule has 0 saturated heterocycles. The highest BCUT2D eigenvalue weighted by Gasteiger charge is 2.32. The van der Waals surface area contributed by atoms with Gasteiger partial charge in [-0.1, -0.05) is 0 Å². The van der Waals surface area contributed by atoms with E-state index in [1.54, 1.807) is 0 Å². The molecule has 0 amide bonds. The van der Waals surface area contributed by atoms with Crippen LogP contribution in [0.1, 0.15) is 42.9 Å². The van der Waals surface area contributed by atoms with Crippen molar-refractivity contribution in [3.8, 4) is 0 Å². The molecule has 0 radical (unpaired) electrons. The molecule has 1 aromatic heterocycles. The van der Waals surface area contributed by atoms with Gasteiger partial charge in [0.2, 0.25) is 0 Å². The number of hydrogen-bond donors (Lipinski definition) is 0. The molecule has 0 unspecified atom stereocenters. The maximum absolute atomic E-state index is 5.96. The van der Waals surface area contributed by atoms with Crippen LogP contribution in [0.15, 0.2) is 6.20 Å². The first-order chi connectivity index (χ1) is 9.78. The normalized spacial score (nSPS) is 26.8. The summed E-state index contributed by atoms with van der Waals surface area (Å²) in [6.45, 7) is 5.29. The fourth-order valence-electron chi connectivity index (χ4n) is 3.32. The molecule has 2 fully saturated rings. The third-order valence-electron chi connectivity index (χ3n) is 4.78. The van der Waals surface area contributed by atoms with Gasteiger partial charge in [-0.05, 0) is 37.5 Å². The van der Waals surface area contributed by atoms with Crippen molar-refractivity contribution >= 4 is 0 Å². The van der Waals surface area contributed by atoms with E-state index < -0.39 is 0 Å². The van der Waals surface area contributed by atoms with Crippen LogP contribution in [-0.4, -0.2) is 41.0 Å². The minimum Gasteiger partial charge on any atom is -0.380 e. The lowest BCUT2D eigenvalue weighted by Gasteiger charge is -2.31. The molecule has 4 nitrogen and oxygen atoms in total. The summed E-state index contributed by atoms with van der Waals surface area (Å²) in [5.74, 6) is 2.28. The molecule has 4 rings (SSSR count). The van der Waals surface area contributed by atoms with Gasteiger partial charge in [-0.3, -0.25) is 9.58 Å². The fourth-order valence-corrected chi connectivity index (χ4v) is 3.32. The van der Waals surface area contributed by atoms with Crippen LogP contribution >= 0.6 is 0 Å². The SMILES string of the molecule is Cn1cc2c(n1)[C@@H](COCC1CC1)CN(CC1CC1)C2. The lowest BCUT2D eigenvalue weighted by atomic mass is 9.97. The molecule has 4 heteroatoms. The molecular weight excluding hydrogens is 250 g/mol. The van der Waals surface area contributed by atoms with Crippen LogP contribution in [-0.2, 0) is 18.3 Å². The predicted octanol–water partition coefficient (Wildman–Crippen LogP) is 2.16. The molecule has 3 aliphatic rings. The first kappa shape index (κ1) is 12.8. The first-order valence-corrected chi connectivity index (χ1v) is 8.10. The van der Waals surface area contributed by atoms with E-state index >= 15 is 0 Å². The van der Waals surface area contributed by atoms with Crippen molar-refractivity contribution in [2.45, 2.75) is 38.1 Å². The van der Waals surface area contributed by atoms with Gasteiger partial charge in [0.15, 0.2) is 0 Å². The average molecular weight is 275 g/mol. The molecule has 2 aliphatic carbocycles. The third kappa shape index (κ3) is 2.91. The van der Waals surface area contributed by atoms with E-state index in [-0.39, 0.29) is 0 Å². The molecule has 2 heterocycles.